The van der Waals surface area contributed by atoms with E-state index in [1.54, 1.807) is 0 Å². The van der Waals surface area contributed by atoms with E-state index in [0.29, 0.717) is 6.54 Å². The van der Waals surface area contributed by atoms with E-state index in [2.05, 4.69) is 16.7 Å². The maximum atomic E-state index is 12.2. The van der Waals surface area contributed by atoms with Gasteiger partial charge in [-0.1, -0.05) is 35.9 Å². The summed E-state index contributed by atoms with van der Waals surface area (Å²) in [6, 6.07) is 13.9. The highest BCUT2D eigenvalue weighted by Crippen LogP contribution is 2.49. The number of amides is 1. The van der Waals surface area contributed by atoms with Crippen LogP contribution in [-0.2, 0) is 0 Å². The molecule has 2 atom stereocenters. The monoisotopic (exact) mass is 298 g/mol. The molecule has 2 aromatic carbocycles. The van der Waals surface area contributed by atoms with Crippen molar-refractivity contribution in [3.8, 4) is 0 Å². The smallest absolute Gasteiger partial charge is 0.251 e. The van der Waals surface area contributed by atoms with Crippen LogP contribution in [0.5, 0.6) is 0 Å². The summed E-state index contributed by atoms with van der Waals surface area (Å²) in [4.78, 5) is 12.2. The molecule has 4 rings (SSSR count). The Labute approximate surface area is 128 Å². The van der Waals surface area contributed by atoms with Gasteiger partial charge in [-0.2, -0.15) is 0 Å². The van der Waals surface area contributed by atoms with Gasteiger partial charge in [-0.05, 0) is 35.7 Å². The topological polar surface area (TPSA) is 41.1 Å². The Morgan fingerprint density at radius 3 is 2.81 bits per heavy atom. The van der Waals surface area contributed by atoms with Crippen LogP contribution in [0.4, 0.5) is 5.69 Å². The number of benzene rings is 2. The first-order chi connectivity index (χ1) is 10.3. The first-order valence-corrected chi connectivity index (χ1v) is 7.55. The van der Waals surface area contributed by atoms with Gasteiger partial charge in [0, 0.05) is 28.7 Å². The Morgan fingerprint density at radius 2 is 1.95 bits per heavy atom. The molecule has 106 valence electrons. The Kier molecular flexibility index (Phi) is 2.89. The quantitative estimate of drug-likeness (QED) is 0.842. The molecule has 2 aliphatic rings. The van der Waals surface area contributed by atoms with Gasteiger partial charge in [0.05, 0.1) is 6.04 Å². The standard InChI is InChI=1S/C17H15ClN2O/c18-13-6-2-1-4-10(13)16-11-8-9-19-17(21)12-5-3-7-14(20-16)15(11)12/h1-7,11,16,20H,8-9H2,(H,19,21). The predicted octanol–water partition coefficient (Wildman–Crippen LogP) is 3.72. The van der Waals surface area contributed by atoms with Gasteiger partial charge in [-0.25, -0.2) is 0 Å². The summed E-state index contributed by atoms with van der Waals surface area (Å²) >= 11 is 6.37. The second-order valence-corrected chi connectivity index (χ2v) is 5.97. The molecule has 2 aliphatic heterocycles. The SMILES string of the molecule is O=C1NCCC2c3c(cccc31)NC2c1ccccc1Cl. The molecule has 0 aliphatic carbocycles. The van der Waals surface area contributed by atoms with E-state index in [0.717, 1.165) is 33.8 Å². The maximum Gasteiger partial charge on any atom is 0.251 e. The summed E-state index contributed by atoms with van der Waals surface area (Å²) in [7, 11) is 0. The summed E-state index contributed by atoms with van der Waals surface area (Å²) in [5, 5.41) is 7.31. The molecule has 2 aromatic rings. The highest BCUT2D eigenvalue weighted by Gasteiger charge is 2.38. The third-order valence-electron chi connectivity index (χ3n) is 4.42. The molecule has 0 saturated carbocycles. The normalized spacial score (nSPS) is 23.0. The van der Waals surface area contributed by atoms with Crippen LogP contribution in [0.15, 0.2) is 42.5 Å². The number of halogens is 1. The van der Waals surface area contributed by atoms with Crippen LogP contribution in [0.25, 0.3) is 0 Å². The Morgan fingerprint density at radius 1 is 1.10 bits per heavy atom. The lowest BCUT2D eigenvalue weighted by Gasteiger charge is -2.21. The van der Waals surface area contributed by atoms with Crippen molar-refractivity contribution in [3.05, 3.63) is 64.2 Å². The third-order valence-corrected chi connectivity index (χ3v) is 4.76. The fourth-order valence-electron chi connectivity index (χ4n) is 3.49. The van der Waals surface area contributed by atoms with Crippen LogP contribution < -0.4 is 10.6 Å². The van der Waals surface area contributed by atoms with Crippen molar-refractivity contribution >= 4 is 23.2 Å². The fourth-order valence-corrected chi connectivity index (χ4v) is 3.75. The highest BCUT2D eigenvalue weighted by molar-refractivity contribution is 6.31. The van der Waals surface area contributed by atoms with Gasteiger partial charge in [0.15, 0.2) is 0 Å². The molecule has 3 nitrogen and oxygen atoms in total. The molecule has 21 heavy (non-hydrogen) atoms. The summed E-state index contributed by atoms with van der Waals surface area (Å²) in [6.45, 7) is 0.695. The molecule has 4 heteroatoms. The van der Waals surface area contributed by atoms with Gasteiger partial charge in [-0.3, -0.25) is 4.79 Å². The first-order valence-electron chi connectivity index (χ1n) is 7.18. The lowest BCUT2D eigenvalue weighted by atomic mass is 9.86. The largest absolute Gasteiger partial charge is 0.377 e. The van der Waals surface area contributed by atoms with Crippen LogP contribution in [0.2, 0.25) is 5.02 Å². The van der Waals surface area contributed by atoms with Crippen LogP contribution in [0, 0.1) is 0 Å². The number of carbonyl (C=O) groups is 1. The van der Waals surface area contributed by atoms with E-state index in [9.17, 15) is 4.79 Å². The van der Waals surface area contributed by atoms with Gasteiger partial charge in [0.25, 0.3) is 5.91 Å². The Balaban J connectivity index is 1.86. The van der Waals surface area contributed by atoms with Crippen molar-refractivity contribution in [2.75, 3.05) is 11.9 Å². The zero-order valence-corrected chi connectivity index (χ0v) is 12.2. The number of rotatable bonds is 1. The lowest BCUT2D eigenvalue weighted by Crippen LogP contribution is -2.23. The summed E-state index contributed by atoms with van der Waals surface area (Å²) in [5.41, 5.74) is 4.08. The van der Waals surface area contributed by atoms with E-state index < -0.39 is 0 Å². The Bertz CT molecular complexity index is 728. The summed E-state index contributed by atoms with van der Waals surface area (Å²) in [6.07, 6.45) is 0.915. The van der Waals surface area contributed by atoms with Crippen molar-refractivity contribution < 1.29 is 4.79 Å². The molecule has 0 saturated heterocycles. The second kappa shape index (κ2) is 4.78. The minimum atomic E-state index is 0.0240. The van der Waals surface area contributed by atoms with Gasteiger partial charge in [0.1, 0.15) is 0 Å². The van der Waals surface area contributed by atoms with E-state index in [1.165, 1.54) is 0 Å². The van der Waals surface area contributed by atoms with Crippen molar-refractivity contribution in [1.82, 2.24) is 5.32 Å². The molecular weight excluding hydrogens is 284 g/mol. The van der Waals surface area contributed by atoms with Crippen LogP contribution in [0.1, 0.15) is 39.9 Å². The molecule has 2 N–H and O–H groups in total. The minimum Gasteiger partial charge on any atom is -0.377 e. The molecule has 2 unspecified atom stereocenters. The average molecular weight is 299 g/mol. The number of hydrogen-bond acceptors (Lipinski definition) is 2. The Hall–Kier alpha value is -2.00. The molecule has 2 heterocycles. The zero-order chi connectivity index (χ0) is 14.4. The fraction of sp³-hybridized carbons (Fsp3) is 0.235. The van der Waals surface area contributed by atoms with Crippen molar-refractivity contribution in [2.24, 2.45) is 0 Å². The van der Waals surface area contributed by atoms with E-state index in [-0.39, 0.29) is 17.9 Å². The molecule has 0 aromatic heterocycles. The van der Waals surface area contributed by atoms with Gasteiger partial charge in [0.2, 0.25) is 0 Å². The van der Waals surface area contributed by atoms with Gasteiger partial charge in [-0.15, -0.1) is 0 Å². The molecule has 1 amide bonds. The number of carbonyl (C=O) groups excluding carboxylic acids is 1. The van der Waals surface area contributed by atoms with E-state index in [1.807, 2.05) is 36.4 Å². The third kappa shape index (κ3) is 1.92. The van der Waals surface area contributed by atoms with Crippen LogP contribution in [-0.4, -0.2) is 12.5 Å². The minimum absolute atomic E-state index is 0.0240. The predicted molar refractivity (Wildman–Crippen MR) is 83.9 cm³/mol. The van der Waals surface area contributed by atoms with Gasteiger partial charge < -0.3 is 10.6 Å². The number of anilines is 1. The first kappa shape index (κ1) is 12.7. The molecule has 0 radical (unpaired) electrons. The summed E-state index contributed by atoms with van der Waals surface area (Å²) in [5.74, 6) is 0.297. The van der Waals surface area contributed by atoms with Crippen molar-refractivity contribution in [1.29, 1.82) is 0 Å². The van der Waals surface area contributed by atoms with Crippen molar-refractivity contribution in [2.45, 2.75) is 18.4 Å². The molecule has 0 fully saturated rings. The molecular formula is C17H15ClN2O. The lowest BCUT2D eigenvalue weighted by molar-refractivity contribution is 0.0956. The molecule has 0 spiro atoms. The van der Waals surface area contributed by atoms with Crippen LogP contribution in [0.3, 0.4) is 0 Å². The number of nitrogens with one attached hydrogen (secondary N) is 2. The van der Waals surface area contributed by atoms with Gasteiger partial charge >= 0.3 is 0 Å². The van der Waals surface area contributed by atoms with Crippen molar-refractivity contribution in [3.63, 3.8) is 0 Å². The maximum absolute atomic E-state index is 12.2. The zero-order valence-electron chi connectivity index (χ0n) is 11.4. The average Bonchev–Trinajstić information content (AvgIpc) is 2.77. The second-order valence-electron chi connectivity index (χ2n) is 5.56. The summed E-state index contributed by atoms with van der Waals surface area (Å²) < 4.78 is 0. The highest BCUT2D eigenvalue weighted by atomic mass is 35.5. The molecule has 0 bridgehead atoms. The number of hydrogen-bond donors (Lipinski definition) is 2. The van der Waals surface area contributed by atoms with E-state index >= 15 is 0 Å². The van der Waals surface area contributed by atoms with E-state index in [4.69, 9.17) is 11.6 Å². The van der Waals surface area contributed by atoms with Crippen LogP contribution >= 0.6 is 11.6 Å².